The largest absolute Gasteiger partial charge is 0.461 e. The molecule has 8 nitrogen and oxygen atoms in total. The number of nitrogen functional groups attached to an aromatic ring is 1. The summed E-state index contributed by atoms with van der Waals surface area (Å²) in [6.45, 7) is 5.60. The van der Waals surface area contributed by atoms with Crippen LogP contribution in [0.5, 0.6) is 0 Å². The van der Waals surface area contributed by atoms with Gasteiger partial charge in [0, 0.05) is 12.1 Å². The summed E-state index contributed by atoms with van der Waals surface area (Å²) >= 11 is 6.10. The van der Waals surface area contributed by atoms with Crippen LogP contribution in [-0.4, -0.2) is 39.7 Å². The number of anilines is 1. The Morgan fingerprint density at radius 3 is 2.84 bits per heavy atom. The van der Waals surface area contributed by atoms with Gasteiger partial charge in [-0.2, -0.15) is 4.98 Å². The molecule has 4 atom stereocenters. The molecule has 1 aromatic heterocycles. The molecule has 0 radical (unpaired) electrons. The number of carbonyl (C=O) groups excluding carboxylic acids is 1. The number of halogens is 1. The third-order valence-electron chi connectivity index (χ3n) is 4.39. The van der Waals surface area contributed by atoms with Gasteiger partial charge in [-0.05, 0) is 18.4 Å². The zero-order chi connectivity index (χ0) is 18.8. The van der Waals surface area contributed by atoms with Crippen molar-refractivity contribution >= 4 is 23.4 Å². The molecular weight excluding hydrogens is 348 g/mol. The van der Waals surface area contributed by atoms with Gasteiger partial charge < -0.3 is 20.9 Å². The molecule has 0 spiro atoms. The maximum absolute atomic E-state index is 12.1. The molecular formula is C16H25ClN4O4. The number of hydrogen-bond acceptors (Lipinski definition) is 7. The van der Waals surface area contributed by atoms with Gasteiger partial charge in [-0.3, -0.25) is 9.36 Å². The standard InChI is InChI=1S/C16H25ClN4O4/c1-9(2)12(19)14(22)24-8-16(7-17)6-10(3)13(25-16)21-5-4-11(18)20-15(21)23/h4-5,9-10,12-13H,6-8,19H2,1-3H3,(H2,18,20,23). The monoisotopic (exact) mass is 372 g/mol. The minimum Gasteiger partial charge on any atom is -0.461 e. The van der Waals surface area contributed by atoms with Gasteiger partial charge in [0.15, 0.2) is 0 Å². The molecule has 1 aliphatic heterocycles. The lowest BCUT2D eigenvalue weighted by Crippen LogP contribution is -2.43. The van der Waals surface area contributed by atoms with Gasteiger partial charge in [0.25, 0.3) is 0 Å². The van der Waals surface area contributed by atoms with Gasteiger partial charge >= 0.3 is 11.7 Å². The topological polar surface area (TPSA) is 122 Å². The molecule has 0 bridgehead atoms. The van der Waals surface area contributed by atoms with Crippen LogP contribution in [0.4, 0.5) is 5.82 Å². The van der Waals surface area contributed by atoms with Gasteiger partial charge in [-0.25, -0.2) is 4.79 Å². The van der Waals surface area contributed by atoms with E-state index in [1.54, 1.807) is 0 Å². The van der Waals surface area contributed by atoms with Gasteiger partial charge in [-0.1, -0.05) is 20.8 Å². The van der Waals surface area contributed by atoms with E-state index in [0.717, 1.165) is 0 Å². The average Bonchev–Trinajstić information content (AvgIpc) is 2.89. The average molecular weight is 373 g/mol. The van der Waals surface area contributed by atoms with E-state index < -0.39 is 29.5 Å². The van der Waals surface area contributed by atoms with E-state index in [9.17, 15) is 9.59 Å². The molecule has 1 aromatic rings. The lowest BCUT2D eigenvalue weighted by molar-refractivity contribution is -0.158. The van der Waals surface area contributed by atoms with Crippen molar-refractivity contribution in [3.63, 3.8) is 0 Å². The van der Waals surface area contributed by atoms with E-state index in [0.29, 0.717) is 6.42 Å². The molecule has 1 aliphatic rings. The normalized spacial score (nSPS) is 27.4. The van der Waals surface area contributed by atoms with E-state index in [1.807, 2.05) is 20.8 Å². The predicted molar refractivity (Wildman–Crippen MR) is 94.0 cm³/mol. The molecule has 4 N–H and O–H groups in total. The van der Waals surface area contributed by atoms with E-state index in [2.05, 4.69) is 4.98 Å². The number of alkyl halides is 1. The zero-order valence-electron chi connectivity index (χ0n) is 14.6. The maximum atomic E-state index is 12.1. The van der Waals surface area contributed by atoms with Crippen LogP contribution < -0.4 is 17.2 Å². The van der Waals surface area contributed by atoms with Gasteiger partial charge in [0.05, 0.1) is 5.88 Å². The Hall–Kier alpha value is -1.64. The molecule has 1 fully saturated rings. The molecule has 9 heteroatoms. The van der Waals surface area contributed by atoms with Crippen LogP contribution >= 0.6 is 11.6 Å². The number of aromatic nitrogens is 2. The summed E-state index contributed by atoms with van der Waals surface area (Å²) in [6, 6.07) is 0.825. The number of esters is 1. The Morgan fingerprint density at radius 2 is 2.28 bits per heavy atom. The van der Waals surface area contributed by atoms with Crippen molar-refractivity contribution in [2.45, 2.75) is 45.1 Å². The van der Waals surface area contributed by atoms with E-state index in [4.69, 9.17) is 32.5 Å². The number of ether oxygens (including phenoxy) is 2. The molecule has 0 saturated carbocycles. The Bertz CT molecular complexity index is 680. The highest BCUT2D eigenvalue weighted by atomic mass is 35.5. The first kappa shape index (κ1) is 19.7. The van der Waals surface area contributed by atoms with E-state index >= 15 is 0 Å². The van der Waals surface area contributed by atoms with Crippen LogP contribution in [0.15, 0.2) is 17.1 Å². The number of rotatable bonds is 6. The van der Waals surface area contributed by atoms with Crippen LogP contribution in [0, 0.1) is 11.8 Å². The van der Waals surface area contributed by atoms with Crippen molar-refractivity contribution in [3.05, 3.63) is 22.7 Å². The molecule has 25 heavy (non-hydrogen) atoms. The highest BCUT2D eigenvalue weighted by Gasteiger charge is 2.46. The molecule has 0 aromatic carbocycles. The Morgan fingerprint density at radius 1 is 1.60 bits per heavy atom. The van der Waals surface area contributed by atoms with Crippen LogP contribution in [-0.2, 0) is 14.3 Å². The summed E-state index contributed by atoms with van der Waals surface area (Å²) in [4.78, 5) is 27.8. The fourth-order valence-corrected chi connectivity index (χ4v) is 3.10. The highest BCUT2D eigenvalue weighted by Crippen LogP contribution is 2.41. The second-order valence-corrected chi connectivity index (χ2v) is 7.19. The summed E-state index contributed by atoms with van der Waals surface area (Å²) in [5.74, 6) is -0.290. The van der Waals surface area contributed by atoms with Gasteiger partial charge in [0.1, 0.15) is 30.3 Å². The second-order valence-electron chi connectivity index (χ2n) is 6.93. The lowest BCUT2D eigenvalue weighted by Gasteiger charge is -2.27. The third kappa shape index (κ3) is 4.31. The van der Waals surface area contributed by atoms with Crippen molar-refractivity contribution in [2.75, 3.05) is 18.2 Å². The number of nitrogens with two attached hydrogens (primary N) is 2. The fraction of sp³-hybridized carbons (Fsp3) is 0.688. The first-order chi connectivity index (χ1) is 11.7. The van der Waals surface area contributed by atoms with Gasteiger partial charge in [-0.15, -0.1) is 11.6 Å². The minimum absolute atomic E-state index is 0.0201. The quantitative estimate of drug-likeness (QED) is 0.561. The second kappa shape index (κ2) is 7.72. The SMILES string of the molecule is CC(C)C(N)C(=O)OCC1(CCl)CC(C)C(n2ccc(N)nc2=O)O1. The lowest BCUT2D eigenvalue weighted by atomic mass is 9.96. The molecule has 2 rings (SSSR count). The van der Waals surface area contributed by atoms with Crippen molar-refractivity contribution in [2.24, 2.45) is 17.6 Å². The van der Waals surface area contributed by atoms with Crippen LogP contribution in [0.1, 0.15) is 33.4 Å². The molecule has 4 unspecified atom stereocenters. The molecule has 0 amide bonds. The van der Waals surface area contributed by atoms with Crippen molar-refractivity contribution < 1.29 is 14.3 Å². The Kier molecular flexibility index (Phi) is 6.08. The van der Waals surface area contributed by atoms with Crippen LogP contribution in [0.2, 0.25) is 0 Å². The first-order valence-electron chi connectivity index (χ1n) is 8.20. The third-order valence-corrected chi connectivity index (χ3v) is 4.88. The number of hydrogen-bond donors (Lipinski definition) is 2. The fourth-order valence-electron chi connectivity index (χ4n) is 2.85. The smallest absolute Gasteiger partial charge is 0.351 e. The summed E-state index contributed by atoms with van der Waals surface area (Å²) < 4.78 is 12.7. The first-order valence-corrected chi connectivity index (χ1v) is 8.73. The van der Waals surface area contributed by atoms with E-state index in [-0.39, 0.29) is 30.1 Å². The summed E-state index contributed by atoms with van der Waals surface area (Å²) in [5.41, 5.74) is 9.94. The van der Waals surface area contributed by atoms with Gasteiger partial charge in [0.2, 0.25) is 0 Å². The van der Waals surface area contributed by atoms with E-state index in [1.165, 1.54) is 16.8 Å². The summed E-state index contributed by atoms with van der Waals surface area (Å²) in [6.07, 6.45) is 1.51. The van der Waals surface area contributed by atoms with Crippen LogP contribution in [0.3, 0.4) is 0 Å². The molecule has 1 saturated heterocycles. The number of nitrogens with zero attached hydrogens (tertiary/aromatic N) is 2. The molecule has 140 valence electrons. The molecule has 0 aliphatic carbocycles. The predicted octanol–water partition coefficient (Wildman–Crippen LogP) is 0.885. The van der Waals surface area contributed by atoms with Crippen LogP contribution in [0.25, 0.3) is 0 Å². The van der Waals surface area contributed by atoms with Crippen molar-refractivity contribution in [1.82, 2.24) is 9.55 Å². The Balaban J connectivity index is 2.12. The highest BCUT2D eigenvalue weighted by molar-refractivity contribution is 6.18. The minimum atomic E-state index is -0.876. The zero-order valence-corrected chi connectivity index (χ0v) is 15.4. The van der Waals surface area contributed by atoms with Crippen molar-refractivity contribution in [3.8, 4) is 0 Å². The maximum Gasteiger partial charge on any atom is 0.351 e. The van der Waals surface area contributed by atoms with Crippen molar-refractivity contribution in [1.29, 1.82) is 0 Å². The molecule has 2 heterocycles. The summed E-state index contributed by atoms with van der Waals surface area (Å²) in [7, 11) is 0. The summed E-state index contributed by atoms with van der Waals surface area (Å²) in [5, 5.41) is 0. The Labute approximate surface area is 151 Å². The number of carbonyl (C=O) groups is 1.